The molecule has 0 fully saturated rings. The molecule has 0 bridgehead atoms. The Morgan fingerprint density at radius 2 is 1.69 bits per heavy atom. The lowest BCUT2D eigenvalue weighted by atomic mass is 10.1. The van der Waals surface area contributed by atoms with Gasteiger partial charge in [-0.2, -0.15) is 0 Å². The van der Waals surface area contributed by atoms with Crippen molar-refractivity contribution in [3.63, 3.8) is 0 Å². The summed E-state index contributed by atoms with van der Waals surface area (Å²) in [5, 5.41) is 5.00. The Bertz CT molecular complexity index is 781. The van der Waals surface area contributed by atoms with Gasteiger partial charge >= 0.3 is 0 Å². The molecule has 0 heterocycles. The fourth-order valence-corrected chi connectivity index (χ4v) is 3.33. The van der Waals surface area contributed by atoms with Crippen LogP contribution in [0.1, 0.15) is 12.0 Å². The number of nitrogens with one attached hydrogen (secondary N) is 2. The second-order valence-electron chi connectivity index (χ2n) is 5.60. The van der Waals surface area contributed by atoms with Crippen molar-refractivity contribution in [2.24, 2.45) is 5.73 Å². The average Bonchev–Trinajstić information content (AvgIpc) is 2.62. The lowest BCUT2D eigenvalue weighted by Gasteiger charge is -2.16. The SMILES string of the molecule is CNC(=O)[C@H](CC(N)=O)NC(=O)Cc1ccccc1Sc1ccccc1. The van der Waals surface area contributed by atoms with Crippen LogP contribution >= 0.6 is 11.8 Å². The standard InChI is InChI=1S/C19H21N3O3S/c1-21-19(25)15(12-17(20)23)22-18(24)11-13-7-5-6-10-16(13)26-14-8-3-2-4-9-14/h2-10,15H,11-12H2,1H3,(H2,20,23)(H,21,25)(H,22,24)/t15-/m0/s1. The maximum Gasteiger partial charge on any atom is 0.242 e. The fraction of sp³-hybridized carbons (Fsp3) is 0.211. The van der Waals surface area contributed by atoms with Gasteiger partial charge in [0.05, 0.1) is 12.8 Å². The number of carbonyl (C=O) groups is 3. The quantitative estimate of drug-likeness (QED) is 0.654. The van der Waals surface area contributed by atoms with Crippen molar-refractivity contribution < 1.29 is 14.4 Å². The third kappa shape index (κ3) is 5.93. The molecular weight excluding hydrogens is 350 g/mol. The van der Waals surface area contributed by atoms with E-state index in [1.807, 2.05) is 54.6 Å². The molecule has 0 spiro atoms. The molecule has 2 aromatic carbocycles. The van der Waals surface area contributed by atoms with E-state index in [-0.39, 0.29) is 18.7 Å². The Morgan fingerprint density at radius 3 is 2.35 bits per heavy atom. The van der Waals surface area contributed by atoms with Crippen LogP contribution in [0.25, 0.3) is 0 Å². The Labute approximate surface area is 156 Å². The van der Waals surface area contributed by atoms with E-state index in [4.69, 9.17) is 5.73 Å². The summed E-state index contributed by atoms with van der Waals surface area (Å²) >= 11 is 1.56. The molecule has 0 aliphatic heterocycles. The van der Waals surface area contributed by atoms with Gasteiger partial charge < -0.3 is 16.4 Å². The molecule has 4 N–H and O–H groups in total. The van der Waals surface area contributed by atoms with Crippen molar-refractivity contribution in [3.8, 4) is 0 Å². The third-order valence-corrected chi connectivity index (χ3v) is 4.72. The monoisotopic (exact) mass is 371 g/mol. The molecule has 26 heavy (non-hydrogen) atoms. The number of primary amides is 1. The van der Waals surface area contributed by atoms with Crippen LogP contribution in [-0.2, 0) is 20.8 Å². The second-order valence-corrected chi connectivity index (χ2v) is 6.72. The van der Waals surface area contributed by atoms with E-state index in [2.05, 4.69) is 10.6 Å². The van der Waals surface area contributed by atoms with Gasteiger partial charge in [-0.05, 0) is 23.8 Å². The summed E-state index contributed by atoms with van der Waals surface area (Å²) in [4.78, 5) is 37.3. The highest BCUT2D eigenvalue weighted by atomic mass is 32.2. The Morgan fingerprint density at radius 1 is 1.04 bits per heavy atom. The predicted octanol–water partition coefficient (Wildman–Crippen LogP) is 1.49. The minimum atomic E-state index is -0.973. The van der Waals surface area contributed by atoms with E-state index in [1.165, 1.54) is 7.05 Å². The van der Waals surface area contributed by atoms with Crippen LogP contribution in [0.2, 0.25) is 0 Å². The third-order valence-electron chi connectivity index (χ3n) is 3.60. The normalized spacial score (nSPS) is 11.4. The highest BCUT2D eigenvalue weighted by Crippen LogP contribution is 2.30. The summed E-state index contributed by atoms with van der Waals surface area (Å²) in [6.45, 7) is 0. The number of carbonyl (C=O) groups excluding carboxylic acids is 3. The Balaban J connectivity index is 2.08. The van der Waals surface area contributed by atoms with Gasteiger partial charge in [-0.15, -0.1) is 0 Å². The fourth-order valence-electron chi connectivity index (χ4n) is 2.37. The van der Waals surface area contributed by atoms with Crippen molar-refractivity contribution >= 4 is 29.5 Å². The molecule has 0 radical (unpaired) electrons. The van der Waals surface area contributed by atoms with Crippen molar-refractivity contribution in [1.82, 2.24) is 10.6 Å². The molecule has 0 aliphatic rings. The van der Waals surface area contributed by atoms with Gasteiger partial charge in [0.25, 0.3) is 0 Å². The maximum absolute atomic E-state index is 12.4. The van der Waals surface area contributed by atoms with Crippen molar-refractivity contribution in [3.05, 3.63) is 60.2 Å². The van der Waals surface area contributed by atoms with Crippen molar-refractivity contribution in [2.75, 3.05) is 7.05 Å². The van der Waals surface area contributed by atoms with Crippen LogP contribution in [0.5, 0.6) is 0 Å². The van der Waals surface area contributed by atoms with Gasteiger partial charge in [-0.3, -0.25) is 14.4 Å². The number of amides is 3. The molecule has 136 valence electrons. The summed E-state index contributed by atoms with van der Waals surface area (Å²) in [5.41, 5.74) is 5.99. The number of hydrogen-bond acceptors (Lipinski definition) is 4. The number of rotatable bonds is 8. The zero-order valence-electron chi connectivity index (χ0n) is 14.4. The molecule has 7 heteroatoms. The lowest BCUT2D eigenvalue weighted by molar-refractivity contribution is -0.130. The molecule has 2 rings (SSSR count). The van der Waals surface area contributed by atoms with Crippen LogP contribution in [0.3, 0.4) is 0 Å². The first kappa shape index (κ1) is 19.5. The Hall–Kier alpha value is -2.80. The van der Waals surface area contributed by atoms with Gasteiger partial charge in [0, 0.05) is 16.8 Å². The topological polar surface area (TPSA) is 101 Å². The minimum absolute atomic E-state index is 0.0995. The van der Waals surface area contributed by atoms with Crippen molar-refractivity contribution in [1.29, 1.82) is 0 Å². The smallest absolute Gasteiger partial charge is 0.242 e. The maximum atomic E-state index is 12.4. The summed E-state index contributed by atoms with van der Waals surface area (Å²) in [6.07, 6.45) is -0.145. The Kier molecular flexibility index (Phi) is 7.23. The molecule has 3 amide bonds. The van der Waals surface area contributed by atoms with Crippen LogP contribution in [0.4, 0.5) is 0 Å². The van der Waals surface area contributed by atoms with E-state index >= 15 is 0 Å². The molecule has 1 atom stereocenters. The zero-order valence-corrected chi connectivity index (χ0v) is 15.2. The number of hydrogen-bond donors (Lipinski definition) is 3. The molecule has 0 saturated heterocycles. The molecule has 0 aromatic heterocycles. The molecule has 0 saturated carbocycles. The number of likely N-dealkylation sites (N-methyl/N-ethyl adjacent to an activating group) is 1. The van der Waals surface area contributed by atoms with E-state index in [9.17, 15) is 14.4 Å². The van der Waals surface area contributed by atoms with Gasteiger partial charge in [0.15, 0.2) is 0 Å². The van der Waals surface area contributed by atoms with E-state index in [0.717, 1.165) is 15.4 Å². The molecule has 0 unspecified atom stereocenters. The van der Waals surface area contributed by atoms with E-state index in [0.29, 0.717) is 0 Å². The second kappa shape index (κ2) is 9.62. The van der Waals surface area contributed by atoms with Crippen molar-refractivity contribution in [2.45, 2.75) is 28.7 Å². The van der Waals surface area contributed by atoms with Gasteiger partial charge in [-0.1, -0.05) is 48.2 Å². The summed E-state index contributed by atoms with van der Waals surface area (Å²) in [7, 11) is 1.44. The van der Waals surface area contributed by atoms with Gasteiger partial charge in [0.1, 0.15) is 6.04 Å². The number of nitrogens with two attached hydrogens (primary N) is 1. The minimum Gasteiger partial charge on any atom is -0.370 e. The van der Waals surface area contributed by atoms with Gasteiger partial charge in [-0.25, -0.2) is 0 Å². The first-order valence-corrected chi connectivity index (χ1v) is 8.91. The highest BCUT2D eigenvalue weighted by molar-refractivity contribution is 7.99. The summed E-state index contributed by atoms with van der Waals surface area (Å²) < 4.78 is 0. The zero-order chi connectivity index (χ0) is 18.9. The predicted molar refractivity (Wildman–Crippen MR) is 101 cm³/mol. The highest BCUT2D eigenvalue weighted by Gasteiger charge is 2.22. The van der Waals surface area contributed by atoms with Crippen LogP contribution in [0, 0.1) is 0 Å². The molecule has 6 nitrogen and oxygen atoms in total. The van der Waals surface area contributed by atoms with Crippen LogP contribution in [-0.4, -0.2) is 30.8 Å². The summed E-state index contributed by atoms with van der Waals surface area (Å²) in [5.74, 6) is -1.45. The first-order chi connectivity index (χ1) is 12.5. The largest absolute Gasteiger partial charge is 0.370 e. The molecule has 2 aromatic rings. The summed E-state index contributed by atoms with van der Waals surface area (Å²) in [6, 6.07) is 16.5. The van der Waals surface area contributed by atoms with Crippen LogP contribution < -0.4 is 16.4 Å². The lowest BCUT2D eigenvalue weighted by Crippen LogP contribution is -2.48. The molecule has 0 aliphatic carbocycles. The first-order valence-electron chi connectivity index (χ1n) is 8.09. The van der Waals surface area contributed by atoms with E-state index < -0.39 is 17.9 Å². The number of benzene rings is 2. The van der Waals surface area contributed by atoms with Crippen LogP contribution in [0.15, 0.2) is 64.4 Å². The van der Waals surface area contributed by atoms with Gasteiger partial charge in [0.2, 0.25) is 17.7 Å². The van der Waals surface area contributed by atoms with E-state index in [1.54, 1.807) is 11.8 Å². The molecular formula is C19H21N3O3S. The average molecular weight is 371 g/mol.